The number of benzene rings is 1. The standard InChI is InChI=1S/C17H19F3N2O3/c18-17(19,20)12-2-1-7-22(9-12)16(24)10-25-13-4-5-14-11(8-13)3-6-15(23)21-14/h4-5,8,12H,1-3,6-7,9-10H2,(H,21,23)/t12-/m1/s1. The molecule has 1 N–H and O–H groups in total. The van der Waals surface area contributed by atoms with E-state index in [9.17, 15) is 22.8 Å². The molecule has 5 nitrogen and oxygen atoms in total. The molecule has 2 aliphatic rings. The Morgan fingerprint density at radius 1 is 1.32 bits per heavy atom. The number of halogens is 3. The number of carbonyl (C=O) groups excluding carboxylic acids is 2. The third-order valence-corrected chi connectivity index (χ3v) is 4.57. The zero-order chi connectivity index (χ0) is 18.0. The first kappa shape index (κ1) is 17.6. The van der Waals surface area contributed by atoms with Gasteiger partial charge in [-0.1, -0.05) is 0 Å². The van der Waals surface area contributed by atoms with E-state index in [2.05, 4.69) is 5.32 Å². The lowest BCUT2D eigenvalue weighted by atomic mass is 9.97. The lowest BCUT2D eigenvalue weighted by Crippen LogP contribution is -2.46. The van der Waals surface area contributed by atoms with Crippen molar-refractivity contribution in [2.75, 3.05) is 25.0 Å². The number of nitrogens with one attached hydrogen (secondary N) is 1. The number of anilines is 1. The average Bonchev–Trinajstić information content (AvgIpc) is 2.59. The number of ether oxygens (including phenoxy) is 1. The van der Waals surface area contributed by atoms with Gasteiger partial charge in [0.1, 0.15) is 5.75 Å². The first-order valence-corrected chi connectivity index (χ1v) is 8.23. The van der Waals surface area contributed by atoms with Gasteiger partial charge in [0, 0.05) is 25.2 Å². The van der Waals surface area contributed by atoms with E-state index >= 15 is 0 Å². The van der Waals surface area contributed by atoms with E-state index in [0.717, 1.165) is 11.3 Å². The van der Waals surface area contributed by atoms with Crippen LogP contribution in [0.2, 0.25) is 0 Å². The van der Waals surface area contributed by atoms with Crippen molar-refractivity contribution < 1.29 is 27.5 Å². The molecule has 0 unspecified atom stereocenters. The largest absolute Gasteiger partial charge is 0.484 e. The van der Waals surface area contributed by atoms with Crippen LogP contribution in [0, 0.1) is 5.92 Å². The summed E-state index contributed by atoms with van der Waals surface area (Å²) in [5.41, 5.74) is 1.64. The zero-order valence-corrected chi connectivity index (χ0v) is 13.6. The molecule has 0 spiro atoms. The Hall–Kier alpha value is -2.25. The van der Waals surface area contributed by atoms with Crippen molar-refractivity contribution in [3.8, 4) is 5.75 Å². The van der Waals surface area contributed by atoms with Gasteiger partial charge < -0.3 is 15.0 Å². The summed E-state index contributed by atoms with van der Waals surface area (Å²) < 4.78 is 43.9. The Labute approximate surface area is 143 Å². The number of rotatable bonds is 3. The lowest BCUT2D eigenvalue weighted by molar-refractivity contribution is -0.188. The average molecular weight is 356 g/mol. The van der Waals surface area contributed by atoms with Crippen LogP contribution in [0.5, 0.6) is 5.75 Å². The summed E-state index contributed by atoms with van der Waals surface area (Å²) in [5.74, 6) is -1.48. The highest BCUT2D eigenvalue weighted by Gasteiger charge is 2.42. The van der Waals surface area contributed by atoms with Crippen LogP contribution in [-0.2, 0) is 16.0 Å². The maximum Gasteiger partial charge on any atom is 0.393 e. The zero-order valence-electron chi connectivity index (χ0n) is 13.6. The normalized spacial score (nSPS) is 20.7. The van der Waals surface area contributed by atoms with E-state index in [0.29, 0.717) is 31.6 Å². The minimum atomic E-state index is -4.28. The highest BCUT2D eigenvalue weighted by Crippen LogP contribution is 2.33. The second-order valence-electron chi connectivity index (χ2n) is 6.38. The van der Waals surface area contributed by atoms with Gasteiger partial charge in [-0.15, -0.1) is 0 Å². The van der Waals surface area contributed by atoms with Crippen molar-refractivity contribution in [1.29, 1.82) is 0 Å². The minimum Gasteiger partial charge on any atom is -0.484 e. The Kier molecular flexibility index (Phi) is 4.87. The number of hydrogen-bond acceptors (Lipinski definition) is 3. The fourth-order valence-corrected chi connectivity index (χ4v) is 3.16. The summed E-state index contributed by atoms with van der Waals surface area (Å²) in [6, 6.07) is 5.08. The highest BCUT2D eigenvalue weighted by molar-refractivity contribution is 5.94. The maximum atomic E-state index is 12.8. The van der Waals surface area contributed by atoms with Gasteiger partial charge in [-0.05, 0) is 43.0 Å². The molecule has 0 bridgehead atoms. The second kappa shape index (κ2) is 6.93. The summed E-state index contributed by atoms with van der Waals surface area (Å²) >= 11 is 0. The number of aryl methyl sites for hydroxylation is 1. The van der Waals surface area contributed by atoms with Crippen molar-refractivity contribution in [3.05, 3.63) is 23.8 Å². The lowest BCUT2D eigenvalue weighted by Gasteiger charge is -2.33. The third-order valence-electron chi connectivity index (χ3n) is 4.57. The van der Waals surface area contributed by atoms with Crippen LogP contribution in [0.3, 0.4) is 0 Å². The van der Waals surface area contributed by atoms with E-state index in [1.165, 1.54) is 4.90 Å². The number of nitrogens with zero attached hydrogens (tertiary/aromatic N) is 1. The van der Waals surface area contributed by atoms with Crippen LogP contribution in [0.15, 0.2) is 18.2 Å². The number of fused-ring (bicyclic) bond motifs is 1. The summed E-state index contributed by atoms with van der Waals surface area (Å²) in [7, 11) is 0. The molecule has 1 aromatic carbocycles. The number of amides is 2. The predicted octanol–water partition coefficient (Wildman–Crippen LogP) is 2.75. The van der Waals surface area contributed by atoms with Crippen molar-refractivity contribution >= 4 is 17.5 Å². The van der Waals surface area contributed by atoms with Crippen LogP contribution in [0.4, 0.5) is 18.9 Å². The van der Waals surface area contributed by atoms with Gasteiger partial charge in [-0.3, -0.25) is 9.59 Å². The molecule has 0 aromatic heterocycles. The molecule has 2 heterocycles. The monoisotopic (exact) mass is 356 g/mol. The van der Waals surface area contributed by atoms with E-state index in [-0.39, 0.29) is 25.5 Å². The van der Waals surface area contributed by atoms with Gasteiger partial charge in [-0.25, -0.2) is 0 Å². The van der Waals surface area contributed by atoms with Crippen molar-refractivity contribution in [3.63, 3.8) is 0 Å². The molecular formula is C17H19F3N2O3. The SMILES string of the molecule is O=C1CCc2cc(OCC(=O)N3CCC[C@@H](C(F)(F)F)C3)ccc2N1. The smallest absolute Gasteiger partial charge is 0.393 e. The second-order valence-corrected chi connectivity index (χ2v) is 6.38. The predicted molar refractivity (Wildman–Crippen MR) is 84.2 cm³/mol. The number of alkyl halides is 3. The molecule has 1 fully saturated rings. The first-order chi connectivity index (χ1) is 11.8. The molecule has 0 radical (unpaired) electrons. The van der Waals surface area contributed by atoms with E-state index < -0.39 is 18.0 Å². The van der Waals surface area contributed by atoms with Gasteiger partial charge in [-0.2, -0.15) is 13.2 Å². The van der Waals surface area contributed by atoms with E-state index in [4.69, 9.17) is 4.74 Å². The van der Waals surface area contributed by atoms with Crippen LogP contribution >= 0.6 is 0 Å². The Balaban J connectivity index is 1.56. The molecule has 3 rings (SSSR count). The number of hydrogen-bond donors (Lipinski definition) is 1. The molecule has 8 heteroatoms. The first-order valence-electron chi connectivity index (χ1n) is 8.23. The summed E-state index contributed by atoms with van der Waals surface area (Å²) in [5, 5.41) is 2.75. The van der Waals surface area contributed by atoms with E-state index in [1.54, 1.807) is 18.2 Å². The molecule has 2 aliphatic heterocycles. The molecule has 1 atom stereocenters. The third kappa shape index (κ3) is 4.24. The molecule has 0 saturated carbocycles. The van der Waals surface area contributed by atoms with Gasteiger partial charge in [0.2, 0.25) is 5.91 Å². The Morgan fingerprint density at radius 2 is 2.12 bits per heavy atom. The topological polar surface area (TPSA) is 58.6 Å². The summed E-state index contributed by atoms with van der Waals surface area (Å²) in [6.45, 7) is -0.275. The van der Waals surface area contributed by atoms with Gasteiger partial charge in [0.25, 0.3) is 5.91 Å². The Morgan fingerprint density at radius 3 is 2.88 bits per heavy atom. The van der Waals surface area contributed by atoms with Crippen molar-refractivity contribution in [2.45, 2.75) is 31.9 Å². The number of likely N-dealkylation sites (tertiary alicyclic amines) is 1. The van der Waals surface area contributed by atoms with E-state index in [1.807, 2.05) is 0 Å². The minimum absolute atomic E-state index is 0.0411. The number of carbonyl (C=O) groups is 2. The van der Waals surface area contributed by atoms with Crippen LogP contribution in [0.1, 0.15) is 24.8 Å². The molecular weight excluding hydrogens is 337 g/mol. The van der Waals surface area contributed by atoms with Crippen molar-refractivity contribution in [2.24, 2.45) is 5.92 Å². The molecule has 136 valence electrons. The molecule has 2 amide bonds. The van der Waals surface area contributed by atoms with Crippen LogP contribution in [0.25, 0.3) is 0 Å². The van der Waals surface area contributed by atoms with Crippen molar-refractivity contribution in [1.82, 2.24) is 4.90 Å². The quantitative estimate of drug-likeness (QED) is 0.906. The van der Waals surface area contributed by atoms with Crippen LogP contribution < -0.4 is 10.1 Å². The van der Waals surface area contributed by atoms with Gasteiger partial charge in [0.15, 0.2) is 6.61 Å². The highest BCUT2D eigenvalue weighted by atomic mass is 19.4. The van der Waals surface area contributed by atoms with Gasteiger partial charge in [0.05, 0.1) is 5.92 Å². The summed E-state index contributed by atoms with van der Waals surface area (Å²) in [6.07, 6.45) is -2.89. The molecule has 0 aliphatic carbocycles. The summed E-state index contributed by atoms with van der Waals surface area (Å²) in [4.78, 5) is 24.7. The fourth-order valence-electron chi connectivity index (χ4n) is 3.16. The molecule has 1 aromatic rings. The van der Waals surface area contributed by atoms with Gasteiger partial charge >= 0.3 is 6.18 Å². The number of piperidine rings is 1. The molecule has 25 heavy (non-hydrogen) atoms. The Bertz CT molecular complexity index is 676. The maximum absolute atomic E-state index is 12.8. The molecule has 1 saturated heterocycles. The fraction of sp³-hybridized carbons (Fsp3) is 0.529. The van der Waals surface area contributed by atoms with Crippen LogP contribution in [-0.4, -0.2) is 42.6 Å².